The zero-order valence-corrected chi connectivity index (χ0v) is 20.2. The second-order valence-corrected chi connectivity index (χ2v) is 8.20. The highest BCUT2D eigenvalue weighted by Gasteiger charge is 2.10. The zero-order chi connectivity index (χ0) is 23.1. The van der Waals surface area contributed by atoms with Crippen molar-refractivity contribution in [3.05, 3.63) is 93.9 Å². The number of carbonyl (C=O) groups is 2. The van der Waals surface area contributed by atoms with E-state index in [1.807, 2.05) is 48.5 Å². The minimum atomic E-state index is -0.522. The fraction of sp³-hybridized carbons (Fsp3) is 0.0909. The van der Waals surface area contributed by atoms with Gasteiger partial charge in [0.05, 0.1) is 6.61 Å². The van der Waals surface area contributed by atoms with Crippen molar-refractivity contribution < 1.29 is 14.3 Å². The van der Waals surface area contributed by atoms with Gasteiger partial charge in [-0.25, -0.2) is 14.8 Å². The Labute approximate surface area is 201 Å². The predicted molar refractivity (Wildman–Crippen MR) is 127 cm³/mol. The molecule has 0 aliphatic rings. The normalized spacial score (nSPS) is 10.2. The molecule has 164 valence electrons. The summed E-state index contributed by atoms with van der Waals surface area (Å²) in [5.41, 5.74) is 7.55. The largest absolute Gasteiger partial charge is 0.461 e. The average Bonchev–Trinajstić information content (AvgIpc) is 3.46. The maximum atomic E-state index is 11.4. The maximum Gasteiger partial charge on any atom is 0.358 e. The van der Waals surface area contributed by atoms with Gasteiger partial charge in [-0.15, -0.1) is 0 Å². The molecule has 4 aromatic rings. The van der Waals surface area contributed by atoms with Crippen LogP contribution in [0.25, 0.3) is 11.4 Å². The van der Waals surface area contributed by atoms with Gasteiger partial charge in [0.1, 0.15) is 18.3 Å². The Morgan fingerprint density at radius 1 is 0.844 bits per heavy atom. The molecular weight excluding hydrogens is 542 g/mol. The molecule has 2 aromatic carbocycles. The van der Waals surface area contributed by atoms with Crippen LogP contribution in [0, 0.1) is 0 Å². The van der Waals surface area contributed by atoms with Gasteiger partial charge in [-0.05, 0) is 55.5 Å². The lowest BCUT2D eigenvalue weighted by molar-refractivity contribution is 0.0520. The van der Waals surface area contributed by atoms with Crippen LogP contribution in [0.15, 0.2) is 82.5 Å². The third kappa shape index (κ3) is 6.14. The van der Waals surface area contributed by atoms with Crippen molar-refractivity contribution in [1.29, 1.82) is 0 Å². The Kier molecular flexibility index (Phi) is 7.96. The van der Waals surface area contributed by atoms with Crippen LogP contribution in [0.3, 0.4) is 0 Å². The van der Waals surface area contributed by atoms with Crippen LogP contribution in [0.2, 0.25) is 0 Å². The van der Waals surface area contributed by atoms with Gasteiger partial charge in [0, 0.05) is 32.7 Å². The standard InChI is InChI=1S/C12H11BrN2O2.C10H8BrN3O/c1-2-17-12(16)11-7-15(8-14-11)10-5-3-9(13)4-6-10;11-7-1-3-8(4-2-7)14-5-9(10(12)15)13-6-14/h3-8H,2H2,1H3;1-6H,(H2,12,15). The summed E-state index contributed by atoms with van der Waals surface area (Å²) in [5.74, 6) is -0.922. The van der Waals surface area contributed by atoms with Crippen LogP contribution >= 0.6 is 31.9 Å². The minimum Gasteiger partial charge on any atom is -0.461 e. The Morgan fingerprint density at radius 3 is 1.69 bits per heavy atom. The van der Waals surface area contributed by atoms with Crippen LogP contribution in [0.5, 0.6) is 0 Å². The van der Waals surface area contributed by atoms with Gasteiger partial charge < -0.3 is 19.6 Å². The molecule has 0 unspecified atom stereocenters. The van der Waals surface area contributed by atoms with E-state index < -0.39 is 11.9 Å². The number of nitrogens with two attached hydrogens (primary N) is 1. The number of primary amides is 1. The second-order valence-electron chi connectivity index (χ2n) is 6.37. The van der Waals surface area contributed by atoms with E-state index in [2.05, 4.69) is 41.8 Å². The molecule has 1 amide bonds. The number of hydrogen-bond donors (Lipinski definition) is 1. The summed E-state index contributed by atoms with van der Waals surface area (Å²) in [5, 5.41) is 0. The molecule has 10 heteroatoms. The van der Waals surface area contributed by atoms with Gasteiger partial charge in [-0.3, -0.25) is 4.79 Å². The number of nitrogens with zero attached hydrogens (tertiary/aromatic N) is 4. The third-order valence-electron chi connectivity index (χ3n) is 4.15. The second kappa shape index (κ2) is 10.9. The van der Waals surface area contributed by atoms with E-state index in [0.29, 0.717) is 12.3 Å². The van der Waals surface area contributed by atoms with Crippen LogP contribution in [-0.4, -0.2) is 37.6 Å². The van der Waals surface area contributed by atoms with Crippen molar-refractivity contribution in [2.24, 2.45) is 5.73 Å². The van der Waals surface area contributed by atoms with E-state index in [1.54, 1.807) is 41.1 Å². The SMILES string of the molecule is CCOC(=O)c1cn(-c2ccc(Br)cc2)cn1.NC(=O)c1cn(-c2ccc(Br)cc2)cn1. The molecule has 2 N–H and O–H groups in total. The van der Waals surface area contributed by atoms with Crippen LogP contribution in [0.4, 0.5) is 0 Å². The molecule has 8 nitrogen and oxygen atoms in total. The number of aromatic nitrogens is 4. The van der Waals surface area contributed by atoms with E-state index in [9.17, 15) is 9.59 Å². The Hall–Kier alpha value is -3.24. The molecule has 0 atom stereocenters. The number of carbonyl (C=O) groups excluding carboxylic acids is 2. The van der Waals surface area contributed by atoms with Gasteiger partial charge in [-0.1, -0.05) is 31.9 Å². The molecular formula is C22H19Br2N5O3. The van der Waals surface area contributed by atoms with E-state index in [-0.39, 0.29) is 5.69 Å². The molecule has 0 spiro atoms. The first-order valence-corrected chi connectivity index (χ1v) is 11.0. The van der Waals surface area contributed by atoms with Gasteiger partial charge in [-0.2, -0.15) is 0 Å². The summed E-state index contributed by atoms with van der Waals surface area (Å²) in [7, 11) is 0. The molecule has 0 saturated carbocycles. The first-order chi connectivity index (χ1) is 15.4. The summed E-state index contributed by atoms with van der Waals surface area (Å²) in [6.45, 7) is 2.12. The minimum absolute atomic E-state index is 0.262. The Balaban J connectivity index is 0.000000182. The average molecular weight is 561 g/mol. The number of benzene rings is 2. The lowest BCUT2D eigenvalue weighted by Gasteiger charge is -2.01. The van der Waals surface area contributed by atoms with Gasteiger partial charge in [0.15, 0.2) is 5.69 Å². The van der Waals surface area contributed by atoms with E-state index in [4.69, 9.17) is 10.5 Å². The number of imidazole rings is 2. The number of hydrogen-bond acceptors (Lipinski definition) is 5. The van der Waals surface area contributed by atoms with E-state index in [0.717, 1.165) is 20.3 Å². The number of esters is 1. The highest BCUT2D eigenvalue weighted by atomic mass is 79.9. The first kappa shape index (κ1) is 23.4. The lowest BCUT2D eigenvalue weighted by Crippen LogP contribution is -2.10. The van der Waals surface area contributed by atoms with Crippen molar-refractivity contribution in [3.8, 4) is 11.4 Å². The fourth-order valence-electron chi connectivity index (χ4n) is 2.59. The van der Waals surface area contributed by atoms with Crippen LogP contribution in [-0.2, 0) is 4.74 Å². The molecule has 4 rings (SSSR count). The summed E-state index contributed by atoms with van der Waals surface area (Å²) in [6.07, 6.45) is 6.41. The molecule has 0 bridgehead atoms. The summed E-state index contributed by atoms with van der Waals surface area (Å²) >= 11 is 6.72. The molecule has 0 radical (unpaired) electrons. The van der Waals surface area contributed by atoms with Crippen molar-refractivity contribution in [2.75, 3.05) is 6.61 Å². The van der Waals surface area contributed by atoms with E-state index >= 15 is 0 Å². The van der Waals surface area contributed by atoms with Gasteiger partial charge >= 0.3 is 5.97 Å². The maximum absolute atomic E-state index is 11.4. The molecule has 0 saturated heterocycles. The summed E-state index contributed by atoms with van der Waals surface area (Å²) in [6, 6.07) is 15.4. The molecule has 0 fully saturated rings. The third-order valence-corrected chi connectivity index (χ3v) is 5.21. The monoisotopic (exact) mass is 559 g/mol. The van der Waals surface area contributed by atoms with E-state index in [1.165, 1.54) is 0 Å². The molecule has 2 aromatic heterocycles. The van der Waals surface area contributed by atoms with Crippen LogP contribution < -0.4 is 5.73 Å². The van der Waals surface area contributed by atoms with Crippen molar-refractivity contribution in [2.45, 2.75) is 6.92 Å². The number of ether oxygens (including phenoxy) is 1. The molecule has 32 heavy (non-hydrogen) atoms. The molecule has 0 aliphatic heterocycles. The van der Waals surface area contributed by atoms with Crippen molar-refractivity contribution in [1.82, 2.24) is 19.1 Å². The smallest absolute Gasteiger partial charge is 0.358 e. The molecule has 0 aliphatic carbocycles. The Morgan fingerprint density at radius 2 is 1.28 bits per heavy atom. The number of rotatable bonds is 5. The highest BCUT2D eigenvalue weighted by molar-refractivity contribution is 9.10. The van der Waals surface area contributed by atoms with Crippen molar-refractivity contribution in [3.63, 3.8) is 0 Å². The quantitative estimate of drug-likeness (QED) is 0.361. The number of halogens is 2. The Bertz CT molecular complexity index is 1200. The topological polar surface area (TPSA) is 105 Å². The first-order valence-electron chi connectivity index (χ1n) is 9.44. The summed E-state index contributed by atoms with van der Waals surface area (Å²) in [4.78, 5) is 30.2. The predicted octanol–water partition coefficient (Wildman–Crippen LogP) is 4.55. The number of amides is 1. The van der Waals surface area contributed by atoms with Gasteiger partial charge in [0.2, 0.25) is 0 Å². The molecule has 2 heterocycles. The highest BCUT2D eigenvalue weighted by Crippen LogP contribution is 2.15. The van der Waals surface area contributed by atoms with Crippen LogP contribution in [0.1, 0.15) is 27.9 Å². The fourth-order valence-corrected chi connectivity index (χ4v) is 3.12. The zero-order valence-electron chi connectivity index (χ0n) is 17.0. The lowest BCUT2D eigenvalue weighted by atomic mass is 10.3. The van der Waals surface area contributed by atoms with Crippen molar-refractivity contribution >= 4 is 43.7 Å². The van der Waals surface area contributed by atoms with Gasteiger partial charge in [0.25, 0.3) is 5.91 Å². The summed E-state index contributed by atoms with van der Waals surface area (Å²) < 4.78 is 10.4.